The minimum absolute atomic E-state index is 0.159. The average Bonchev–Trinajstić information content (AvgIpc) is 3.39. The van der Waals surface area contributed by atoms with Gasteiger partial charge in [0.15, 0.2) is 0 Å². The molecular formula is C24H42N2O4. The normalized spacial score (nSPS) is 23.7. The SMILES string of the molecule is CC(C)(CCC1CCN(C(=O)OC(C)(C)C2CCCCC2)C1)OC(=O)N1CCCC1. The van der Waals surface area contributed by atoms with Gasteiger partial charge in [-0.15, -0.1) is 0 Å². The largest absolute Gasteiger partial charge is 0.443 e. The van der Waals surface area contributed by atoms with Crippen LogP contribution in [0.15, 0.2) is 0 Å². The molecule has 172 valence electrons. The van der Waals surface area contributed by atoms with Gasteiger partial charge in [-0.3, -0.25) is 0 Å². The van der Waals surface area contributed by atoms with E-state index in [1.165, 1.54) is 19.3 Å². The van der Waals surface area contributed by atoms with Gasteiger partial charge in [0.05, 0.1) is 0 Å². The van der Waals surface area contributed by atoms with Gasteiger partial charge in [0.1, 0.15) is 11.2 Å². The third-order valence-electron chi connectivity index (χ3n) is 7.37. The van der Waals surface area contributed by atoms with Crippen LogP contribution in [-0.4, -0.2) is 59.4 Å². The van der Waals surface area contributed by atoms with E-state index in [0.29, 0.717) is 11.8 Å². The van der Waals surface area contributed by atoms with Crippen LogP contribution in [-0.2, 0) is 9.47 Å². The van der Waals surface area contributed by atoms with Crippen molar-refractivity contribution in [3.05, 3.63) is 0 Å². The molecule has 2 amide bonds. The monoisotopic (exact) mass is 422 g/mol. The topological polar surface area (TPSA) is 59.1 Å². The maximum Gasteiger partial charge on any atom is 0.410 e. The van der Waals surface area contributed by atoms with Crippen LogP contribution in [0.5, 0.6) is 0 Å². The van der Waals surface area contributed by atoms with Crippen LogP contribution in [0.2, 0.25) is 0 Å². The van der Waals surface area contributed by atoms with Crippen LogP contribution < -0.4 is 0 Å². The van der Waals surface area contributed by atoms with Crippen LogP contribution in [0.1, 0.15) is 91.9 Å². The highest BCUT2D eigenvalue weighted by atomic mass is 16.6. The molecular weight excluding hydrogens is 380 g/mol. The summed E-state index contributed by atoms with van der Waals surface area (Å²) < 4.78 is 11.7. The van der Waals surface area contributed by atoms with Gasteiger partial charge >= 0.3 is 12.2 Å². The molecule has 3 rings (SSSR count). The third-order valence-corrected chi connectivity index (χ3v) is 7.37. The van der Waals surface area contributed by atoms with Gasteiger partial charge in [0.25, 0.3) is 0 Å². The number of ether oxygens (including phenoxy) is 2. The zero-order valence-electron chi connectivity index (χ0n) is 19.6. The smallest absolute Gasteiger partial charge is 0.410 e. The van der Waals surface area contributed by atoms with Gasteiger partial charge in [-0.05, 0) is 84.5 Å². The van der Waals surface area contributed by atoms with Crippen molar-refractivity contribution in [2.24, 2.45) is 11.8 Å². The van der Waals surface area contributed by atoms with Gasteiger partial charge in [-0.2, -0.15) is 0 Å². The summed E-state index contributed by atoms with van der Waals surface area (Å²) in [4.78, 5) is 28.7. The van der Waals surface area contributed by atoms with Crippen molar-refractivity contribution in [1.29, 1.82) is 0 Å². The highest BCUT2D eigenvalue weighted by Gasteiger charge is 2.37. The summed E-state index contributed by atoms with van der Waals surface area (Å²) in [5.41, 5.74) is -0.863. The molecule has 0 bridgehead atoms. The fourth-order valence-corrected chi connectivity index (χ4v) is 5.21. The van der Waals surface area contributed by atoms with E-state index in [2.05, 4.69) is 13.8 Å². The molecule has 0 N–H and O–H groups in total. The van der Waals surface area contributed by atoms with Crippen molar-refractivity contribution in [2.45, 2.75) is 103 Å². The first-order valence-corrected chi connectivity index (χ1v) is 12.1. The van der Waals surface area contributed by atoms with Gasteiger partial charge in [-0.1, -0.05) is 19.3 Å². The number of amides is 2. The molecule has 0 aromatic carbocycles. The second kappa shape index (κ2) is 9.78. The van der Waals surface area contributed by atoms with E-state index in [9.17, 15) is 9.59 Å². The molecule has 1 saturated carbocycles. The van der Waals surface area contributed by atoms with Gasteiger partial charge < -0.3 is 19.3 Å². The van der Waals surface area contributed by atoms with Gasteiger partial charge in [-0.25, -0.2) is 9.59 Å². The summed E-state index contributed by atoms with van der Waals surface area (Å²) in [7, 11) is 0. The number of nitrogens with zero attached hydrogens (tertiary/aromatic N) is 2. The Morgan fingerprint density at radius 3 is 2.10 bits per heavy atom. The van der Waals surface area contributed by atoms with Crippen LogP contribution in [0, 0.1) is 11.8 Å². The van der Waals surface area contributed by atoms with Crippen molar-refractivity contribution in [1.82, 2.24) is 9.80 Å². The van der Waals surface area contributed by atoms with E-state index < -0.39 is 5.60 Å². The van der Waals surface area contributed by atoms with Crippen molar-refractivity contribution in [3.8, 4) is 0 Å². The molecule has 1 aliphatic carbocycles. The summed E-state index contributed by atoms with van der Waals surface area (Å²) in [6.45, 7) is 11.3. The van der Waals surface area contributed by atoms with Crippen LogP contribution in [0.25, 0.3) is 0 Å². The first kappa shape index (κ1) is 23.2. The van der Waals surface area contributed by atoms with Gasteiger partial charge in [0, 0.05) is 26.2 Å². The Balaban J connectivity index is 1.41. The maximum absolute atomic E-state index is 12.8. The highest BCUT2D eigenvalue weighted by molar-refractivity contribution is 5.69. The summed E-state index contributed by atoms with van der Waals surface area (Å²) in [5.74, 6) is 0.916. The average molecular weight is 423 g/mol. The first-order chi connectivity index (χ1) is 14.2. The fourth-order valence-electron chi connectivity index (χ4n) is 5.21. The van der Waals surface area contributed by atoms with Crippen LogP contribution >= 0.6 is 0 Å². The Hall–Kier alpha value is -1.46. The summed E-state index contributed by atoms with van der Waals surface area (Å²) in [6, 6.07) is 0. The lowest BCUT2D eigenvalue weighted by molar-refractivity contribution is -0.0327. The molecule has 0 aromatic rings. The lowest BCUT2D eigenvalue weighted by Gasteiger charge is -2.37. The van der Waals surface area contributed by atoms with E-state index in [1.807, 2.05) is 23.6 Å². The Labute approximate surface area is 182 Å². The predicted molar refractivity (Wildman–Crippen MR) is 117 cm³/mol. The summed E-state index contributed by atoms with van der Waals surface area (Å²) in [5, 5.41) is 0. The second-order valence-electron chi connectivity index (χ2n) is 10.8. The second-order valence-corrected chi connectivity index (χ2v) is 10.8. The van der Waals surface area contributed by atoms with E-state index in [1.54, 1.807) is 0 Å². The van der Waals surface area contributed by atoms with Gasteiger partial charge in [0.2, 0.25) is 0 Å². The quantitative estimate of drug-likeness (QED) is 0.559. The van der Waals surface area contributed by atoms with Crippen molar-refractivity contribution < 1.29 is 19.1 Å². The lowest BCUT2D eigenvalue weighted by atomic mass is 9.79. The van der Waals surface area contributed by atoms with Crippen LogP contribution in [0.4, 0.5) is 9.59 Å². The molecule has 0 spiro atoms. The molecule has 30 heavy (non-hydrogen) atoms. The van der Waals surface area contributed by atoms with Crippen molar-refractivity contribution in [2.75, 3.05) is 26.2 Å². The Bertz CT molecular complexity index is 592. The zero-order chi connectivity index (χ0) is 21.8. The molecule has 2 aliphatic heterocycles. The first-order valence-electron chi connectivity index (χ1n) is 12.1. The van der Waals surface area contributed by atoms with E-state index in [4.69, 9.17) is 9.47 Å². The lowest BCUT2D eigenvalue weighted by Crippen LogP contribution is -2.42. The number of carbonyl (C=O) groups excluding carboxylic acids is 2. The van der Waals surface area contributed by atoms with Crippen molar-refractivity contribution in [3.63, 3.8) is 0 Å². The number of rotatable bonds is 6. The van der Waals surface area contributed by atoms with Crippen molar-refractivity contribution >= 4 is 12.2 Å². The number of hydrogen-bond donors (Lipinski definition) is 0. The maximum atomic E-state index is 12.8. The predicted octanol–water partition coefficient (Wildman–Crippen LogP) is 5.60. The molecule has 6 heteroatoms. The zero-order valence-corrected chi connectivity index (χ0v) is 19.6. The molecule has 0 aromatic heterocycles. The Morgan fingerprint density at radius 1 is 0.800 bits per heavy atom. The Morgan fingerprint density at radius 2 is 1.43 bits per heavy atom. The molecule has 6 nitrogen and oxygen atoms in total. The van der Waals surface area contributed by atoms with E-state index in [0.717, 1.165) is 71.1 Å². The molecule has 3 aliphatic rings. The molecule has 1 atom stereocenters. The number of carbonyl (C=O) groups is 2. The highest BCUT2D eigenvalue weighted by Crippen LogP contribution is 2.36. The molecule has 3 fully saturated rings. The van der Waals surface area contributed by atoms with Crippen LogP contribution in [0.3, 0.4) is 0 Å². The summed E-state index contributed by atoms with van der Waals surface area (Å²) >= 11 is 0. The fraction of sp³-hybridized carbons (Fsp3) is 0.917. The number of hydrogen-bond acceptors (Lipinski definition) is 4. The van der Waals surface area contributed by atoms with E-state index >= 15 is 0 Å². The number of likely N-dealkylation sites (tertiary alicyclic amines) is 2. The molecule has 1 unspecified atom stereocenters. The minimum Gasteiger partial charge on any atom is -0.443 e. The Kier molecular flexibility index (Phi) is 7.56. The molecule has 2 saturated heterocycles. The minimum atomic E-state index is -0.476. The summed E-state index contributed by atoms with van der Waals surface area (Å²) in [6.07, 6.45) is 10.7. The molecule has 2 heterocycles. The van der Waals surface area contributed by atoms with E-state index in [-0.39, 0.29) is 17.8 Å². The third kappa shape index (κ3) is 6.27. The molecule has 0 radical (unpaired) electrons. The standard InChI is InChI=1S/C24H42N2O4/c1-23(2,29-21(27)25-15-8-9-16-25)14-12-19-13-17-26(18-19)22(28)30-24(3,4)20-10-6-5-7-11-20/h19-20H,5-18H2,1-4H3.